The first kappa shape index (κ1) is 29.8. The second kappa shape index (κ2) is 12.6. The maximum atomic E-state index is 12.8. The molecule has 0 unspecified atom stereocenters. The number of sulfonamides is 1. The fourth-order valence-corrected chi connectivity index (χ4v) is 5.06. The molecule has 3 aromatic carbocycles. The Bertz CT molecular complexity index is 1600. The molecule has 0 fully saturated rings. The van der Waals surface area contributed by atoms with Crippen LogP contribution in [0.15, 0.2) is 82.1 Å². The zero-order valence-corrected chi connectivity index (χ0v) is 22.8. The number of rotatable bonds is 12. The topological polar surface area (TPSA) is 119 Å². The molecule has 1 heterocycles. The van der Waals surface area contributed by atoms with Crippen molar-refractivity contribution < 1.29 is 40.6 Å². The van der Waals surface area contributed by atoms with E-state index in [9.17, 15) is 26.4 Å². The number of aliphatic carboxylic acids is 1. The zero-order chi connectivity index (χ0) is 29.6. The number of hydrogen-bond acceptors (Lipinski definition) is 6. The molecule has 0 bridgehead atoms. The number of halogens is 3. The number of oxazole rings is 1. The second-order valence-electron chi connectivity index (χ2n) is 9.16. The molecule has 216 valence electrons. The van der Waals surface area contributed by atoms with Crippen LogP contribution < -0.4 is 9.46 Å². The SMILES string of the molecule is Cc1oc(-c2ccccc2)nc1CCOc1ccc(CCC(=O)O)c(CNS(=O)(=O)c2ccc(C(F)(F)F)cc2)c1. The first-order chi connectivity index (χ1) is 19.4. The predicted molar refractivity (Wildman–Crippen MR) is 144 cm³/mol. The molecule has 4 aromatic rings. The van der Waals surface area contributed by atoms with Gasteiger partial charge in [-0.3, -0.25) is 4.79 Å². The molecule has 0 aliphatic heterocycles. The molecule has 0 aliphatic carbocycles. The molecule has 0 amide bonds. The first-order valence-corrected chi connectivity index (χ1v) is 14.1. The molecule has 41 heavy (non-hydrogen) atoms. The summed E-state index contributed by atoms with van der Waals surface area (Å²) < 4.78 is 78.1. The highest BCUT2D eigenvalue weighted by Gasteiger charge is 2.30. The molecule has 1 aromatic heterocycles. The molecule has 0 radical (unpaired) electrons. The summed E-state index contributed by atoms with van der Waals surface area (Å²) in [5.41, 5.74) is 1.68. The molecular weight excluding hydrogens is 561 g/mol. The summed E-state index contributed by atoms with van der Waals surface area (Å²) in [5, 5.41) is 9.10. The number of nitrogens with one attached hydrogen (secondary N) is 1. The number of carboxylic acid groups (broad SMARTS) is 1. The van der Waals surface area contributed by atoms with Gasteiger partial charge in [0.1, 0.15) is 11.5 Å². The summed E-state index contributed by atoms with van der Waals surface area (Å²) in [6, 6.07) is 17.5. The number of aromatic nitrogens is 1. The van der Waals surface area contributed by atoms with Gasteiger partial charge in [0.15, 0.2) is 0 Å². The molecule has 0 aliphatic rings. The number of nitrogens with zero attached hydrogens (tertiary/aromatic N) is 1. The smallest absolute Gasteiger partial charge is 0.416 e. The van der Waals surface area contributed by atoms with Crippen molar-refractivity contribution in [3.05, 3.63) is 101 Å². The highest BCUT2D eigenvalue weighted by atomic mass is 32.2. The maximum Gasteiger partial charge on any atom is 0.416 e. The third kappa shape index (κ3) is 7.95. The third-order valence-electron chi connectivity index (χ3n) is 6.25. The van der Waals surface area contributed by atoms with Crippen LogP contribution >= 0.6 is 0 Å². The molecule has 0 saturated carbocycles. The van der Waals surface area contributed by atoms with Crippen LogP contribution in [0.2, 0.25) is 0 Å². The van der Waals surface area contributed by atoms with Gasteiger partial charge in [0.05, 0.1) is 22.8 Å². The average molecular weight is 589 g/mol. The van der Waals surface area contributed by atoms with Crippen molar-refractivity contribution in [2.24, 2.45) is 0 Å². The van der Waals surface area contributed by atoms with Crippen LogP contribution in [0.3, 0.4) is 0 Å². The van der Waals surface area contributed by atoms with Gasteiger partial charge in [0.25, 0.3) is 0 Å². The van der Waals surface area contributed by atoms with Crippen molar-refractivity contribution in [3.63, 3.8) is 0 Å². The fraction of sp³-hybridized carbons (Fsp3) is 0.241. The minimum Gasteiger partial charge on any atom is -0.493 e. The summed E-state index contributed by atoms with van der Waals surface area (Å²) in [4.78, 5) is 15.3. The Hall–Kier alpha value is -4.16. The van der Waals surface area contributed by atoms with Gasteiger partial charge in [-0.1, -0.05) is 24.3 Å². The first-order valence-electron chi connectivity index (χ1n) is 12.6. The Labute approximate surface area is 234 Å². The summed E-state index contributed by atoms with van der Waals surface area (Å²) in [6.45, 7) is 1.83. The fourth-order valence-electron chi connectivity index (χ4n) is 4.05. The number of ether oxygens (including phenoxy) is 1. The van der Waals surface area contributed by atoms with Crippen LogP contribution in [0.4, 0.5) is 13.2 Å². The zero-order valence-electron chi connectivity index (χ0n) is 21.9. The van der Waals surface area contributed by atoms with E-state index in [1.807, 2.05) is 37.3 Å². The molecule has 4 rings (SSSR count). The van der Waals surface area contributed by atoms with Crippen molar-refractivity contribution in [2.75, 3.05) is 6.61 Å². The van der Waals surface area contributed by atoms with Crippen LogP contribution in [0.25, 0.3) is 11.5 Å². The normalized spacial score (nSPS) is 11.9. The van der Waals surface area contributed by atoms with E-state index in [0.717, 1.165) is 23.4 Å². The van der Waals surface area contributed by atoms with Crippen molar-refractivity contribution >= 4 is 16.0 Å². The number of carboxylic acids is 1. The second-order valence-corrected chi connectivity index (χ2v) is 10.9. The summed E-state index contributed by atoms with van der Waals surface area (Å²) in [7, 11) is -4.15. The average Bonchev–Trinajstić information content (AvgIpc) is 3.31. The number of hydrogen-bond donors (Lipinski definition) is 2. The predicted octanol–water partition coefficient (Wildman–Crippen LogP) is 5.79. The van der Waals surface area contributed by atoms with E-state index in [4.69, 9.17) is 14.3 Å². The highest BCUT2D eigenvalue weighted by Crippen LogP contribution is 2.30. The minimum absolute atomic E-state index is 0.146. The van der Waals surface area contributed by atoms with Gasteiger partial charge in [-0.2, -0.15) is 13.2 Å². The Morgan fingerprint density at radius 3 is 2.37 bits per heavy atom. The van der Waals surface area contributed by atoms with Crippen LogP contribution in [-0.2, 0) is 40.4 Å². The maximum absolute atomic E-state index is 12.8. The van der Waals surface area contributed by atoms with Crippen LogP contribution in [0, 0.1) is 6.92 Å². The van der Waals surface area contributed by atoms with Gasteiger partial charge < -0.3 is 14.3 Å². The van der Waals surface area contributed by atoms with Gasteiger partial charge >= 0.3 is 12.1 Å². The van der Waals surface area contributed by atoms with Gasteiger partial charge in [-0.15, -0.1) is 0 Å². The molecular formula is C29H27F3N2O6S. The van der Waals surface area contributed by atoms with Gasteiger partial charge in [0, 0.05) is 24.9 Å². The molecule has 0 atom stereocenters. The Kier molecular flexibility index (Phi) is 9.14. The molecule has 12 heteroatoms. The van der Waals surface area contributed by atoms with Crippen molar-refractivity contribution in [1.82, 2.24) is 9.71 Å². The minimum atomic E-state index is -4.59. The standard InChI is InChI=1S/C29H27F3N2O6S/c1-19-26(34-28(40-19)21-5-3-2-4-6-21)15-16-39-24-11-7-20(8-14-27(35)36)22(17-24)18-33-41(37,38)25-12-9-23(10-13-25)29(30,31)32/h2-7,9-13,17,33H,8,14-16,18H2,1H3,(H,35,36). The van der Waals surface area contributed by atoms with E-state index >= 15 is 0 Å². The van der Waals surface area contributed by atoms with E-state index in [0.29, 0.717) is 47.1 Å². The van der Waals surface area contributed by atoms with E-state index in [1.54, 1.807) is 18.2 Å². The van der Waals surface area contributed by atoms with Gasteiger partial charge in [-0.25, -0.2) is 18.1 Å². The van der Waals surface area contributed by atoms with Gasteiger partial charge in [-0.05, 0) is 73.0 Å². The van der Waals surface area contributed by atoms with E-state index in [2.05, 4.69) is 9.71 Å². The lowest BCUT2D eigenvalue weighted by molar-refractivity contribution is -0.138. The molecule has 0 saturated heterocycles. The number of aryl methyl sites for hydroxylation is 2. The highest BCUT2D eigenvalue weighted by molar-refractivity contribution is 7.89. The molecule has 0 spiro atoms. The van der Waals surface area contributed by atoms with Crippen LogP contribution in [0.1, 0.15) is 34.6 Å². The number of benzene rings is 3. The Morgan fingerprint density at radius 1 is 1.00 bits per heavy atom. The Morgan fingerprint density at radius 2 is 1.71 bits per heavy atom. The van der Waals surface area contributed by atoms with E-state index in [1.165, 1.54) is 0 Å². The van der Waals surface area contributed by atoms with Gasteiger partial charge in [0.2, 0.25) is 15.9 Å². The number of alkyl halides is 3. The third-order valence-corrected chi connectivity index (χ3v) is 7.67. The largest absolute Gasteiger partial charge is 0.493 e. The van der Waals surface area contributed by atoms with Crippen molar-refractivity contribution in [3.8, 4) is 17.2 Å². The quantitative estimate of drug-likeness (QED) is 0.215. The Balaban J connectivity index is 1.45. The lowest BCUT2D eigenvalue weighted by atomic mass is 10.0. The van der Waals surface area contributed by atoms with Crippen LogP contribution in [0.5, 0.6) is 5.75 Å². The van der Waals surface area contributed by atoms with Crippen molar-refractivity contribution in [1.29, 1.82) is 0 Å². The lowest BCUT2D eigenvalue weighted by Gasteiger charge is -2.14. The monoisotopic (exact) mass is 588 g/mol. The van der Waals surface area contributed by atoms with E-state index in [-0.39, 0.29) is 30.9 Å². The summed E-state index contributed by atoms with van der Waals surface area (Å²) in [6.07, 6.45) is -4.17. The molecule has 8 nitrogen and oxygen atoms in total. The van der Waals surface area contributed by atoms with E-state index < -0.39 is 27.7 Å². The summed E-state index contributed by atoms with van der Waals surface area (Å²) in [5.74, 6) is 0.579. The molecule has 2 N–H and O–H groups in total. The number of carbonyl (C=O) groups is 1. The van der Waals surface area contributed by atoms with Crippen molar-refractivity contribution in [2.45, 2.75) is 43.8 Å². The van der Waals surface area contributed by atoms with Crippen LogP contribution in [-0.4, -0.2) is 31.1 Å². The summed E-state index contributed by atoms with van der Waals surface area (Å²) >= 11 is 0. The lowest BCUT2D eigenvalue weighted by Crippen LogP contribution is -2.24.